The number of hydrogen-bond donors (Lipinski definition) is 2. The highest BCUT2D eigenvalue weighted by atomic mass is 35.5. The molecule has 4 rings (SSSR count). The van der Waals surface area contributed by atoms with Gasteiger partial charge in [0.2, 0.25) is 10.0 Å². The molecule has 3 aromatic rings. The Morgan fingerprint density at radius 2 is 2.00 bits per heavy atom. The summed E-state index contributed by atoms with van der Waals surface area (Å²) in [6.07, 6.45) is 6.50. The second kappa shape index (κ2) is 11.2. The number of nitrogens with two attached hydrogens (primary N) is 1. The van der Waals surface area contributed by atoms with Crippen molar-refractivity contribution in [3.63, 3.8) is 0 Å². The predicted molar refractivity (Wildman–Crippen MR) is 147 cm³/mol. The summed E-state index contributed by atoms with van der Waals surface area (Å²) in [5.41, 5.74) is 8.61. The first kappa shape index (κ1) is 27.2. The average molecular weight is 548 g/mol. The van der Waals surface area contributed by atoms with E-state index in [0.717, 1.165) is 49.2 Å². The molecule has 10 nitrogen and oxygen atoms in total. The monoisotopic (exact) mass is 547 g/mol. The van der Waals surface area contributed by atoms with Crippen molar-refractivity contribution in [3.8, 4) is 0 Å². The predicted octanol–water partition coefficient (Wildman–Crippen LogP) is 3.61. The maximum Gasteiger partial charge on any atom is 0.256 e. The summed E-state index contributed by atoms with van der Waals surface area (Å²) < 4.78 is 28.1. The molecule has 0 bridgehead atoms. The Bertz CT molecular complexity index is 1390. The number of nitrogens with zero attached hydrogens (tertiary/aromatic N) is 5. The van der Waals surface area contributed by atoms with Crippen LogP contribution >= 0.6 is 11.6 Å². The van der Waals surface area contributed by atoms with E-state index in [9.17, 15) is 13.2 Å². The fourth-order valence-electron chi connectivity index (χ4n) is 4.82. The Labute approximate surface area is 222 Å². The first-order chi connectivity index (χ1) is 17.6. The summed E-state index contributed by atoms with van der Waals surface area (Å²) >= 11 is 6.21. The fraction of sp³-hybridized carbons (Fsp3) is 0.480. The largest absolute Gasteiger partial charge is 0.356 e. The minimum atomic E-state index is -3.61. The van der Waals surface area contributed by atoms with Gasteiger partial charge in [0.1, 0.15) is 5.82 Å². The van der Waals surface area contributed by atoms with Crippen LogP contribution in [0.15, 0.2) is 30.5 Å². The van der Waals surface area contributed by atoms with Crippen LogP contribution in [0, 0.1) is 6.92 Å². The van der Waals surface area contributed by atoms with Crippen LogP contribution < -0.4 is 15.4 Å². The zero-order chi connectivity index (χ0) is 26.7. The van der Waals surface area contributed by atoms with E-state index in [2.05, 4.69) is 9.62 Å². The molecule has 1 aliphatic rings. The summed E-state index contributed by atoms with van der Waals surface area (Å²) in [6.45, 7) is 6.78. The number of hydrogen-bond acceptors (Lipinski definition) is 7. The summed E-state index contributed by atoms with van der Waals surface area (Å²) in [7, 11) is -3.61. The molecule has 1 saturated heterocycles. The van der Waals surface area contributed by atoms with Crippen molar-refractivity contribution in [2.45, 2.75) is 45.6 Å². The Hall–Kier alpha value is -2.89. The van der Waals surface area contributed by atoms with E-state index in [0.29, 0.717) is 36.6 Å². The number of carbonyl (C=O) groups is 1. The molecular weight excluding hydrogens is 514 g/mol. The number of sulfonamides is 1. The molecule has 37 heavy (non-hydrogen) atoms. The first-order valence-corrected chi connectivity index (χ1v) is 14.8. The van der Waals surface area contributed by atoms with Crippen molar-refractivity contribution in [2.75, 3.05) is 42.1 Å². The molecule has 0 spiro atoms. The molecule has 0 radical (unpaired) electrons. The molecule has 1 amide bonds. The zero-order valence-corrected chi connectivity index (χ0v) is 23.0. The smallest absolute Gasteiger partial charge is 0.256 e. The van der Waals surface area contributed by atoms with Crippen LogP contribution in [0.25, 0.3) is 5.65 Å². The summed E-state index contributed by atoms with van der Waals surface area (Å²) in [5.74, 6) is 0.615. The molecule has 1 fully saturated rings. The third-order valence-corrected chi connectivity index (χ3v) is 7.33. The number of nitrogens with one attached hydrogen (secondary N) is 1. The number of anilines is 2. The topological polar surface area (TPSA) is 126 Å². The van der Waals surface area contributed by atoms with E-state index in [1.807, 2.05) is 26.1 Å². The zero-order valence-electron chi connectivity index (χ0n) is 21.4. The van der Waals surface area contributed by atoms with Crippen molar-refractivity contribution >= 4 is 44.7 Å². The Balaban J connectivity index is 1.74. The highest BCUT2D eigenvalue weighted by Crippen LogP contribution is 2.31. The van der Waals surface area contributed by atoms with Crippen LogP contribution in [-0.4, -0.2) is 66.3 Å². The maximum atomic E-state index is 13.9. The number of carbonyl (C=O) groups excluding carboxylic acids is 1. The third kappa shape index (κ3) is 6.16. The molecule has 0 unspecified atom stereocenters. The fourth-order valence-corrected chi connectivity index (χ4v) is 5.57. The van der Waals surface area contributed by atoms with Crippen LogP contribution in [0.3, 0.4) is 0 Å². The van der Waals surface area contributed by atoms with Gasteiger partial charge in [0, 0.05) is 42.5 Å². The lowest BCUT2D eigenvalue weighted by Crippen LogP contribution is -2.37. The molecule has 1 aromatic carbocycles. The number of aromatic nitrogens is 3. The highest BCUT2D eigenvalue weighted by molar-refractivity contribution is 7.92. The molecule has 200 valence electrons. The van der Waals surface area contributed by atoms with Gasteiger partial charge in [-0.05, 0) is 57.4 Å². The van der Waals surface area contributed by atoms with E-state index in [1.165, 1.54) is 12.1 Å². The Morgan fingerprint density at radius 3 is 2.65 bits per heavy atom. The summed E-state index contributed by atoms with van der Waals surface area (Å²) in [4.78, 5) is 22.8. The highest BCUT2D eigenvalue weighted by Gasteiger charge is 2.29. The molecule has 0 saturated carbocycles. The average Bonchev–Trinajstić information content (AvgIpc) is 3.51. The standard InChI is InChI=1S/C25H34ClN7O3S/c1-4-22(21-15-23-28-24(31-11-5-6-12-31)17(2)16-33(23)29-21)32(13-7-10-27)25(34)19-14-18(26)8-9-20(19)30-37(3,35)36/h8-9,14-16,22,30H,4-7,10-13,27H2,1-3H3/t22-/m0/s1. The number of halogens is 1. The van der Waals surface area contributed by atoms with Gasteiger partial charge in [-0.1, -0.05) is 18.5 Å². The van der Waals surface area contributed by atoms with Crippen LogP contribution in [0.5, 0.6) is 0 Å². The van der Waals surface area contributed by atoms with Crippen LogP contribution in [0.1, 0.15) is 60.3 Å². The van der Waals surface area contributed by atoms with Crippen molar-refractivity contribution in [2.24, 2.45) is 5.73 Å². The van der Waals surface area contributed by atoms with E-state index in [-0.39, 0.29) is 23.2 Å². The first-order valence-electron chi connectivity index (χ1n) is 12.5. The SMILES string of the molecule is CC[C@@H](c1cc2nc(N3CCCC3)c(C)cn2n1)N(CCCN)C(=O)c1cc(Cl)ccc1NS(C)(=O)=O. The second-order valence-corrected chi connectivity index (χ2v) is 11.6. The molecular formula is C25H34ClN7O3S. The second-order valence-electron chi connectivity index (χ2n) is 9.44. The number of aryl methyl sites for hydroxylation is 1. The van der Waals surface area contributed by atoms with E-state index in [4.69, 9.17) is 27.4 Å². The molecule has 2 aromatic heterocycles. The van der Waals surface area contributed by atoms with Gasteiger partial charge in [-0.2, -0.15) is 5.10 Å². The minimum Gasteiger partial charge on any atom is -0.356 e. The molecule has 3 heterocycles. The molecule has 1 aliphatic heterocycles. The summed E-state index contributed by atoms with van der Waals surface area (Å²) in [6, 6.07) is 6.07. The van der Waals surface area contributed by atoms with Crippen LogP contribution in [-0.2, 0) is 10.0 Å². The maximum absolute atomic E-state index is 13.9. The van der Waals surface area contributed by atoms with Gasteiger partial charge in [0.15, 0.2) is 5.65 Å². The van der Waals surface area contributed by atoms with Crippen LogP contribution in [0.4, 0.5) is 11.5 Å². The molecule has 1 atom stereocenters. The van der Waals surface area contributed by atoms with Gasteiger partial charge in [-0.25, -0.2) is 17.9 Å². The Morgan fingerprint density at radius 1 is 1.27 bits per heavy atom. The molecule has 3 N–H and O–H groups in total. The Kier molecular flexibility index (Phi) is 8.25. The van der Waals surface area contributed by atoms with Gasteiger partial charge in [-0.15, -0.1) is 0 Å². The van der Waals surface area contributed by atoms with Crippen molar-refractivity contribution in [3.05, 3.63) is 52.3 Å². The molecule has 0 aliphatic carbocycles. The summed E-state index contributed by atoms with van der Waals surface area (Å²) in [5, 5.41) is 5.12. The van der Waals surface area contributed by atoms with Gasteiger partial charge in [0.05, 0.1) is 29.2 Å². The third-order valence-electron chi connectivity index (χ3n) is 6.51. The lowest BCUT2D eigenvalue weighted by molar-refractivity contribution is 0.0666. The molecule has 12 heteroatoms. The van der Waals surface area contributed by atoms with Crippen molar-refractivity contribution in [1.29, 1.82) is 0 Å². The number of rotatable bonds is 10. The van der Waals surface area contributed by atoms with E-state index >= 15 is 0 Å². The van der Waals surface area contributed by atoms with Crippen molar-refractivity contribution < 1.29 is 13.2 Å². The van der Waals surface area contributed by atoms with E-state index < -0.39 is 10.0 Å². The van der Waals surface area contributed by atoms with Gasteiger partial charge in [0.25, 0.3) is 5.91 Å². The number of benzene rings is 1. The number of fused-ring (bicyclic) bond motifs is 1. The van der Waals surface area contributed by atoms with Gasteiger partial charge < -0.3 is 15.5 Å². The van der Waals surface area contributed by atoms with Gasteiger partial charge in [-0.3, -0.25) is 9.52 Å². The van der Waals surface area contributed by atoms with Crippen molar-refractivity contribution in [1.82, 2.24) is 19.5 Å². The number of amides is 1. The normalized spacial score (nSPS) is 14.8. The quantitative estimate of drug-likeness (QED) is 0.397. The lowest BCUT2D eigenvalue weighted by Gasteiger charge is -2.31. The van der Waals surface area contributed by atoms with E-state index in [1.54, 1.807) is 15.5 Å². The van der Waals surface area contributed by atoms with Crippen LogP contribution in [0.2, 0.25) is 5.02 Å². The minimum absolute atomic E-state index is 0.169. The van der Waals surface area contributed by atoms with Gasteiger partial charge >= 0.3 is 0 Å². The lowest BCUT2D eigenvalue weighted by atomic mass is 10.1.